The fourth-order valence-corrected chi connectivity index (χ4v) is 3.05. The van der Waals surface area contributed by atoms with Crippen molar-refractivity contribution in [3.05, 3.63) is 29.3 Å². The molecule has 3 nitrogen and oxygen atoms in total. The molecule has 1 aliphatic rings. The molecule has 1 fully saturated rings. The second-order valence-electron chi connectivity index (χ2n) is 5.45. The van der Waals surface area contributed by atoms with Crippen LogP contribution in [0.5, 0.6) is 5.75 Å². The van der Waals surface area contributed by atoms with Gasteiger partial charge in [0.05, 0.1) is 7.11 Å². The van der Waals surface area contributed by atoms with E-state index in [1.807, 2.05) is 19.1 Å². The van der Waals surface area contributed by atoms with Crippen LogP contribution < -0.4 is 10.1 Å². The highest BCUT2D eigenvalue weighted by Crippen LogP contribution is 2.28. The molecule has 20 heavy (non-hydrogen) atoms. The summed E-state index contributed by atoms with van der Waals surface area (Å²) in [6.45, 7) is 2.61. The lowest BCUT2D eigenvalue weighted by molar-refractivity contribution is 0.0943. The molecule has 2 unspecified atom stereocenters. The van der Waals surface area contributed by atoms with Crippen LogP contribution >= 0.6 is 11.6 Å². The summed E-state index contributed by atoms with van der Waals surface area (Å²) in [7, 11) is 1.62. The van der Waals surface area contributed by atoms with Crippen LogP contribution in [0.15, 0.2) is 18.2 Å². The van der Waals surface area contributed by atoms with Crippen molar-refractivity contribution in [1.29, 1.82) is 0 Å². The van der Waals surface area contributed by atoms with E-state index in [-0.39, 0.29) is 11.3 Å². The van der Waals surface area contributed by atoms with Crippen LogP contribution in [0, 0.1) is 12.8 Å². The van der Waals surface area contributed by atoms with Crippen LogP contribution in [0.2, 0.25) is 0 Å². The molecular formula is C16H22ClNO2. The third kappa shape index (κ3) is 3.66. The molecule has 0 heterocycles. The summed E-state index contributed by atoms with van der Waals surface area (Å²) in [6.07, 6.45) is 4.57. The SMILES string of the molecule is COc1cc(C(=O)NCC2CCCCC2Cl)ccc1C. The van der Waals surface area contributed by atoms with Crippen LogP contribution in [0.25, 0.3) is 0 Å². The topological polar surface area (TPSA) is 38.3 Å². The van der Waals surface area contributed by atoms with Gasteiger partial charge in [0.25, 0.3) is 5.91 Å². The maximum Gasteiger partial charge on any atom is 0.251 e. The molecule has 4 heteroatoms. The van der Waals surface area contributed by atoms with E-state index >= 15 is 0 Å². The van der Waals surface area contributed by atoms with Crippen molar-refractivity contribution in [2.75, 3.05) is 13.7 Å². The fourth-order valence-electron chi connectivity index (χ4n) is 2.68. The van der Waals surface area contributed by atoms with Gasteiger partial charge in [0.2, 0.25) is 0 Å². The molecular weight excluding hydrogens is 274 g/mol. The molecule has 1 N–H and O–H groups in total. The highest BCUT2D eigenvalue weighted by molar-refractivity contribution is 6.20. The Kier molecular flexibility index (Phi) is 5.30. The third-order valence-electron chi connectivity index (χ3n) is 4.01. The van der Waals surface area contributed by atoms with Crippen LogP contribution in [0.1, 0.15) is 41.6 Å². The van der Waals surface area contributed by atoms with Gasteiger partial charge in [-0.15, -0.1) is 11.6 Å². The van der Waals surface area contributed by atoms with Crippen LogP contribution in [0.4, 0.5) is 0 Å². The largest absolute Gasteiger partial charge is 0.496 e. The van der Waals surface area contributed by atoms with Crippen molar-refractivity contribution < 1.29 is 9.53 Å². The van der Waals surface area contributed by atoms with Crippen molar-refractivity contribution >= 4 is 17.5 Å². The monoisotopic (exact) mass is 295 g/mol. The molecule has 0 aliphatic heterocycles. The van der Waals surface area contributed by atoms with Gasteiger partial charge in [0.15, 0.2) is 0 Å². The molecule has 1 aromatic rings. The molecule has 0 aromatic heterocycles. The number of carbonyl (C=O) groups excluding carboxylic acids is 1. The first-order chi connectivity index (χ1) is 9.61. The molecule has 1 saturated carbocycles. The number of benzene rings is 1. The number of hydrogen-bond donors (Lipinski definition) is 1. The normalized spacial score (nSPS) is 22.4. The summed E-state index contributed by atoms with van der Waals surface area (Å²) >= 11 is 6.31. The van der Waals surface area contributed by atoms with Gasteiger partial charge in [-0.3, -0.25) is 4.79 Å². The Morgan fingerprint density at radius 1 is 1.40 bits per heavy atom. The number of methoxy groups -OCH3 is 1. The Morgan fingerprint density at radius 2 is 2.15 bits per heavy atom. The third-order valence-corrected chi connectivity index (χ3v) is 4.59. The number of nitrogens with one attached hydrogen (secondary N) is 1. The number of amides is 1. The Morgan fingerprint density at radius 3 is 2.85 bits per heavy atom. The molecule has 0 saturated heterocycles. The first kappa shape index (κ1) is 15.2. The van der Waals surface area contributed by atoms with E-state index < -0.39 is 0 Å². The lowest BCUT2D eigenvalue weighted by atomic mass is 9.88. The quantitative estimate of drug-likeness (QED) is 0.863. The summed E-state index contributed by atoms with van der Waals surface area (Å²) in [6, 6.07) is 5.51. The van der Waals surface area contributed by atoms with Gasteiger partial charge in [-0.2, -0.15) is 0 Å². The fraction of sp³-hybridized carbons (Fsp3) is 0.562. The van der Waals surface area contributed by atoms with Gasteiger partial charge in [0, 0.05) is 17.5 Å². The van der Waals surface area contributed by atoms with E-state index in [1.54, 1.807) is 13.2 Å². The average molecular weight is 296 g/mol. The van der Waals surface area contributed by atoms with Crippen LogP contribution in [0.3, 0.4) is 0 Å². The number of halogens is 1. The van der Waals surface area contributed by atoms with E-state index in [9.17, 15) is 4.79 Å². The van der Waals surface area contributed by atoms with Gasteiger partial charge in [0.1, 0.15) is 5.75 Å². The summed E-state index contributed by atoms with van der Waals surface area (Å²) < 4.78 is 5.25. The minimum atomic E-state index is -0.0576. The first-order valence-electron chi connectivity index (χ1n) is 7.18. The summed E-state index contributed by atoms with van der Waals surface area (Å²) in [5, 5.41) is 3.18. The van der Waals surface area contributed by atoms with Crippen molar-refractivity contribution in [3.8, 4) is 5.75 Å². The van der Waals surface area contributed by atoms with Crippen molar-refractivity contribution in [3.63, 3.8) is 0 Å². The Bertz CT molecular complexity index is 476. The van der Waals surface area contributed by atoms with Crippen molar-refractivity contribution in [2.45, 2.75) is 38.0 Å². The lowest BCUT2D eigenvalue weighted by Gasteiger charge is -2.27. The zero-order chi connectivity index (χ0) is 14.5. The number of ether oxygens (including phenoxy) is 1. The number of alkyl halides is 1. The maximum atomic E-state index is 12.2. The predicted molar refractivity (Wildman–Crippen MR) is 81.7 cm³/mol. The molecule has 1 aromatic carbocycles. The zero-order valence-electron chi connectivity index (χ0n) is 12.1. The van der Waals surface area contributed by atoms with Gasteiger partial charge in [-0.05, 0) is 43.4 Å². The smallest absolute Gasteiger partial charge is 0.251 e. The Hall–Kier alpha value is -1.22. The molecule has 0 spiro atoms. The van der Waals surface area contributed by atoms with Gasteiger partial charge < -0.3 is 10.1 Å². The van der Waals surface area contributed by atoms with E-state index in [0.717, 1.165) is 24.2 Å². The molecule has 1 aliphatic carbocycles. The minimum Gasteiger partial charge on any atom is -0.496 e. The second-order valence-corrected chi connectivity index (χ2v) is 6.02. The van der Waals surface area contributed by atoms with Gasteiger partial charge >= 0.3 is 0 Å². The summed E-state index contributed by atoms with van der Waals surface area (Å²) in [5.41, 5.74) is 1.66. The molecule has 2 rings (SSSR count). The number of hydrogen-bond acceptors (Lipinski definition) is 2. The van der Waals surface area contributed by atoms with E-state index in [1.165, 1.54) is 12.8 Å². The van der Waals surface area contributed by atoms with Gasteiger partial charge in [-0.1, -0.05) is 18.9 Å². The molecule has 0 radical (unpaired) electrons. The molecule has 110 valence electrons. The molecule has 2 atom stereocenters. The molecule has 0 bridgehead atoms. The highest BCUT2D eigenvalue weighted by Gasteiger charge is 2.23. The zero-order valence-corrected chi connectivity index (χ0v) is 12.9. The van der Waals surface area contributed by atoms with Crippen LogP contribution in [-0.4, -0.2) is 24.9 Å². The number of aryl methyl sites for hydroxylation is 1. The van der Waals surface area contributed by atoms with Crippen molar-refractivity contribution in [2.24, 2.45) is 5.92 Å². The Balaban J connectivity index is 1.94. The average Bonchev–Trinajstić information content (AvgIpc) is 2.46. The standard InChI is InChI=1S/C16H22ClNO2/c1-11-7-8-12(9-15(11)20-2)16(19)18-10-13-5-3-4-6-14(13)17/h7-9,13-14H,3-6,10H2,1-2H3,(H,18,19). The second kappa shape index (κ2) is 6.98. The first-order valence-corrected chi connectivity index (χ1v) is 7.62. The van der Waals surface area contributed by atoms with Crippen molar-refractivity contribution in [1.82, 2.24) is 5.32 Å². The number of rotatable bonds is 4. The summed E-state index contributed by atoms with van der Waals surface area (Å²) in [5.74, 6) is 1.07. The number of carbonyl (C=O) groups is 1. The van der Waals surface area contributed by atoms with Crippen LogP contribution in [-0.2, 0) is 0 Å². The minimum absolute atomic E-state index is 0.0576. The molecule has 1 amide bonds. The highest BCUT2D eigenvalue weighted by atomic mass is 35.5. The maximum absolute atomic E-state index is 12.2. The van der Waals surface area contributed by atoms with E-state index in [2.05, 4.69) is 5.32 Å². The lowest BCUT2D eigenvalue weighted by Crippen LogP contribution is -2.34. The Labute approximate surface area is 125 Å². The van der Waals surface area contributed by atoms with E-state index in [0.29, 0.717) is 18.0 Å². The predicted octanol–water partition coefficient (Wildman–Crippen LogP) is 3.53. The van der Waals surface area contributed by atoms with E-state index in [4.69, 9.17) is 16.3 Å². The summed E-state index contributed by atoms with van der Waals surface area (Å²) in [4.78, 5) is 12.2. The van der Waals surface area contributed by atoms with Gasteiger partial charge in [-0.25, -0.2) is 0 Å².